The molecule has 4 aromatic carbocycles. The first-order valence-electron chi connectivity index (χ1n) is 11.7. The molecule has 0 heterocycles. The number of halogens is 1. The van der Waals surface area contributed by atoms with Gasteiger partial charge in [0.2, 0.25) is 0 Å². The van der Waals surface area contributed by atoms with Gasteiger partial charge in [-0.05, 0) is 90.1 Å². The first-order valence-corrected chi connectivity index (χ1v) is 11.7. The highest BCUT2D eigenvalue weighted by Crippen LogP contribution is 2.35. The van der Waals surface area contributed by atoms with Crippen molar-refractivity contribution in [1.82, 2.24) is 0 Å². The topological polar surface area (TPSA) is 18.5 Å². The van der Waals surface area contributed by atoms with E-state index in [0.29, 0.717) is 19.6 Å². The van der Waals surface area contributed by atoms with Crippen molar-refractivity contribution in [3.05, 3.63) is 131 Å². The van der Waals surface area contributed by atoms with E-state index >= 15 is 0 Å². The molecule has 0 aliphatic rings. The number of hydrogen-bond acceptors (Lipinski definition) is 2. The van der Waals surface area contributed by atoms with E-state index in [1.807, 2.05) is 68.4 Å². The monoisotopic (exact) mass is 452 g/mol. The normalized spacial score (nSPS) is 11.6. The first-order chi connectivity index (χ1) is 16.7. The SMILES string of the molecule is CCOc1ccc(C/C(=C(/c2ccccc2)c2ccc(OCC)cc2)c2ccc(F)cc2)cc1. The molecule has 172 valence electrons. The zero-order valence-electron chi connectivity index (χ0n) is 19.6. The van der Waals surface area contributed by atoms with Crippen LogP contribution in [-0.4, -0.2) is 13.2 Å². The minimum absolute atomic E-state index is 0.244. The molecule has 3 heteroatoms. The Kier molecular flexibility index (Phi) is 7.77. The van der Waals surface area contributed by atoms with Crippen LogP contribution in [0.15, 0.2) is 103 Å². The van der Waals surface area contributed by atoms with E-state index in [1.165, 1.54) is 12.1 Å². The van der Waals surface area contributed by atoms with Gasteiger partial charge in [0.15, 0.2) is 0 Å². The van der Waals surface area contributed by atoms with Crippen LogP contribution in [0.2, 0.25) is 0 Å². The number of benzene rings is 4. The smallest absolute Gasteiger partial charge is 0.123 e. The van der Waals surface area contributed by atoms with Gasteiger partial charge in [-0.3, -0.25) is 0 Å². The molecule has 0 radical (unpaired) electrons. The molecule has 0 atom stereocenters. The van der Waals surface area contributed by atoms with Crippen LogP contribution in [-0.2, 0) is 6.42 Å². The maximum atomic E-state index is 13.8. The van der Waals surface area contributed by atoms with Crippen molar-refractivity contribution in [3.8, 4) is 11.5 Å². The second-order valence-electron chi connectivity index (χ2n) is 7.94. The van der Waals surface area contributed by atoms with Crippen molar-refractivity contribution in [2.24, 2.45) is 0 Å². The van der Waals surface area contributed by atoms with Gasteiger partial charge in [0.05, 0.1) is 13.2 Å². The van der Waals surface area contributed by atoms with E-state index in [-0.39, 0.29) is 5.82 Å². The number of ether oxygens (including phenoxy) is 2. The standard InChI is InChI=1S/C31H29FO2/c1-3-33-28-18-10-23(11-19-28)22-30(24-12-16-27(32)17-13-24)31(25-8-6-5-7-9-25)26-14-20-29(21-15-26)34-4-2/h5-21H,3-4,22H2,1-2H3/b31-30+. The van der Waals surface area contributed by atoms with Crippen LogP contribution in [0.1, 0.15) is 36.1 Å². The molecular formula is C31H29FO2. The molecule has 0 unspecified atom stereocenters. The van der Waals surface area contributed by atoms with E-state index in [1.54, 1.807) is 0 Å². The van der Waals surface area contributed by atoms with Gasteiger partial charge in [-0.2, -0.15) is 0 Å². The van der Waals surface area contributed by atoms with Gasteiger partial charge in [-0.15, -0.1) is 0 Å². The molecule has 4 aromatic rings. The fourth-order valence-electron chi connectivity index (χ4n) is 4.06. The van der Waals surface area contributed by atoms with E-state index in [2.05, 4.69) is 36.4 Å². The van der Waals surface area contributed by atoms with Crippen molar-refractivity contribution in [1.29, 1.82) is 0 Å². The molecule has 0 aliphatic carbocycles. The molecule has 0 fully saturated rings. The summed E-state index contributed by atoms with van der Waals surface area (Å²) in [6.07, 6.45) is 0.690. The summed E-state index contributed by atoms with van der Waals surface area (Å²) in [6.45, 7) is 5.22. The lowest BCUT2D eigenvalue weighted by Gasteiger charge is -2.18. The molecule has 0 aliphatic heterocycles. The predicted molar refractivity (Wildman–Crippen MR) is 138 cm³/mol. The van der Waals surface area contributed by atoms with Crippen molar-refractivity contribution in [3.63, 3.8) is 0 Å². The van der Waals surface area contributed by atoms with Crippen LogP contribution in [0, 0.1) is 5.82 Å². The minimum Gasteiger partial charge on any atom is -0.494 e. The third kappa shape index (κ3) is 5.74. The average molecular weight is 453 g/mol. The minimum atomic E-state index is -0.244. The summed E-state index contributed by atoms with van der Waals surface area (Å²) in [7, 11) is 0. The molecule has 0 N–H and O–H groups in total. The molecule has 4 rings (SSSR count). The van der Waals surface area contributed by atoms with Crippen molar-refractivity contribution in [2.45, 2.75) is 20.3 Å². The van der Waals surface area contributed by atoms with Crippen molar-refractivity contribution >= 4 is 11.1 Å². The van der Waals surface area contributed by atoms with Gasteiger partial charge < -0.3 is 9.47 Å². The van der Waals surface area contributed by atoms with Crippen LogP contribution >= 0.6 is 0 Å². The molecule has 0 spiro atoms. The molecule has 0 bridgehead atoms. The van der Waals surface area contributed by atoms with E-state index in [4.69, 9.17) is 9.47 Å². The lowest BCUT2D eigenvalue weighted by molar-refractivity contribution is 0.340. The summed E-state index contributed by atoms with van der Waals surface area (Å²) < 4.78 is 25.1. The maximum Gasteiger partial charge on any atom is 0.123 e. The number of rotatable bonds is 9. The van der Waals surface area contributed by atoms with Gasteiger partial charge in [0.1, 0.15) is 17.3 Å². The van der Waals surface area contributed by atoms with Crippen molar-refractivity contribution < 1.29 is 13.9 Å². The summed E-state index contributed by atoms with van der Waals surface area (Å²) in [5.74, 6) is 1.45. The molecule has 0 saturated heterocycles. The van der Waals surface area contributed by atoms with Crippen LogP contribution in [0.25, 0.3) is 11.1 Å². The van der Waals surface area contributed by atoms with Crippen LogP contribution in [0.3, 0.4) is 0 Å². The Hall–Kier alpha value is -3.85. The highest BCUT2D eigenvalue weighted by Gasteiger charge is 2.15. The van der Waals surface area contributed by atoms with Gasteiger partial charge >= 0.3 is 0 Å². The van der Waals surface area contributed by atoms with Crippen LogP contribution in [0.4, 0.5) is 4.39 Å². The zero-order chi connectivity index (χ0) is 23.8. The Balaban J connectivity index is 1.88. The van der Waals surface area contributed by atoms with Gasteiger partial charge in [0, 0.05) is 0 Å². The third-order valence-electron chi connectivity index (χ3n) is 5.63. The Bertz CT molecular complexity index is 1210. The summed E-state index contributed by atoms with van der Waals surface area (Å²) in [4.78, 5) is 0. The van der Waals surface area contributed by atoms with Gasteiger partial charge in [-0.25, -0.2) is 4.39 Å². The molecule has 0 saturated carbocycles. The highest BCUT2D eigenvalue weighted by atomic mass is 19.1. The fourth-order valence-corrected chi connectivity index (χ4v) is 4.06. The van der Waals surface area contributed by atoms with Crippen LogP contribution < -0.4 is 9.47 Å². The van der Waals surface area contributed by atoms with E-state index < -0.39 is 0 Å². The quantitative estimate of drug-likeness (QED) is 0.241. The molecule has 0 amide bonds. The lowest BCUT2D eigenvalue weighted by Crippen LogP contribution is -2.00. The summed E-state index contributed by atoms with van der Waals surface area (Å²) in [5, 5.41) is 0. The molecular weight excluding hydrogens is 423 g/mol. The Morgan fingerprint density at radius 3 is 1.65 bits per heavy atom. The van der Waals surface area contributed by atoms with E-state index in [0.717, 1.165) is 44.9 Å². The second-order valence-corrected chi connectivity index (χ2v) is 7.94. The zero-order valence-corrected chi connectivity index (χ0v) is 19.6. The summed E-state index contributed by atoms with van der Waals surface area (Å²) >= 11 is 0. The van der Waals surface area contributed by atoms with E-state index in [9.17, 15) is 4.39 Å². The summed E-state index contributed by atoms with van der Waals surface area (Å²) in [5.41, 5.74) is 6.57. The molecule has 34 heavy (non-hydrogen) atoms. The Morgan fingerprint density at radius 2 is 1.09 bits per heavy atom. The number of hydrogen-bond donors (Lipinski definition) is 0. The van der Waals surface area contributed by atoms with Gasteiger partial charge in [0.25, 0.3) is 0 Å². The second kappa shape index (κ2) is 11.3. The lowest BCUT2D eigenvalue weighted by atomic mass is 9.86. The average Bonchev–Trinajstić information content (AvgIpc) is 2.87. The number of allylic oxidation sites excluding steroid dienone is 1. The molecule has 0 aromatic heterocycles. The Morgan fingerprint density at radius 1 is 0.588 bits per heavy atom. The fraction of sp³-hybridized carbons (Fsp3) is 0.161. The third-order valence-corrected chi connectivity index (χ3v) is 5.63. The summed E-state index contributed by atoms with van der Waals surface area (Å²) in [6, 6.07) is 33.5. The highest BCUT2D eigenvalue weighted by molar-refractivity contribution is 5.99. The van der Waals surface area contributed by atoms with Gasteiger partial charge in [-0.1, -0.05) is 66.7 Å². The predicted octanol–water partition coefficient (Wildman–Crippen LogP) is 7.82. The van der Waals surface area contributed by atoms with Crippen molar-refractivity contribution in [2.75, 3.05) is 13.2 Å². The largest absolute Gasteiger partial charge is 0.494 e. The maximum absolute atomic E-state index is 13.8. The Labute approximate surface area is 201 Å². The first kappa shape index (κ1) is 23.3. The van der Waals surface area contributed by atoms with Crippen LogP contribution in [0.5, 0.6) is 11.5 Å². The molecule has 2 nitrogen and oxygen atoms in total.